The molecule has 0 aliphatic carbocycles. The molecule has 0 radical (unpaired) electrons. The molecule has 0 aromatic heterocycles. The summed E-state index contributed by atoms with van der Waals surface area (Å²) in [6.07, 6.45) is -1.83. The monoisotopic (exact) mass is 446 g/mol. The molecule has 5 nitrogen and oxygen atoms in total. The summed E-state index contributed by atoms with van der Waals surface area (Å²) in [6.45, 7) is 0. The van der Waals surface area contributed by atoms with E-state index in [0.717, 1.165) is 0 Å². The van der Waals surface area contributed by atoms with Gasteiger partial charge in [0.2, 0.25) is 0 Å². The predicted molar refractivity (Wildman–Crippen MR) is 22.0 cm³/mol. The minimum atomic E-state index is -2.42. The van der Waals surface area contributed by atoms with Gasteiger partial charge in [-0.15, -0.1) is 0 Å². The second kappa shape index (κ2) is 15.7. The van der Waals surface area contributed by atoms with Crippen molar-refractivity contribution in [2.24, 2.45) is 0 Å². The van der Waals surface area contributed by atoms with E-state index in [1.165, 1.54) is 0 Å². The van der Waals surface area contributed by atoms with Gasteiger partial charge < -0.3 is 10.2 Å². The summed E-state index contributed by atoms with van der Waals surface area (Å²) in [4.78, 5) is 8.56. The first kappa shape index (κ1) is 16.1. The number of carbonyl (C=O) groups is 1. The van der Waals surface area contributed by atoms with Gasteiger partial charge in [-0.05, 0) is 0 Å². The van der Waals surface area contributed by atoms with Gasteiger partial charge in [0.25, 0.3) is 0 Å². The summed E-state index contributed by atoms with van der Waals surface area (Å²) in [7, 11) is 0. The van der Waals surface area contributed by atoms with Gasteiger partial charge in [-0.25, -0.2) is 4.79 Å². The van der Waals surface area contributed by atoms with Crippen molar-refractivity contribution < 1.29 is 54.7 Å². The van der Waals surface area contributed by atoms with E-state index in [4.69, 9.17) is 16.9 Å². The zero-order chi connectivity index (χ0) is 6.28. The summed E-state index contributed by atoms with van der Waals surface area (Å²) >= 11 is -2.42. The molecule has 2 N–H and O–H groups in total. The van der Waals surface area contributed by atoms with Crippen molar-refractivity contribution in [2.75, 3.05) is 0 Å². The van der Waals surface area contributed by atoms with E-state index >= 15 is 0 Å². The molecule has 7 heteroatoms. The van der Waals surface area contributed by atoms with Crippen molar-refractivity contribution in [1.29, 1.82) is 0 Å². The van der Waals surface area contributed by atoms with Gasteiger partial charge in [0.15, 0.2) is 0 Å². The Hall–Kier alpha value is 1.13. The van der Waals surface area contributed by atoms with Gasteiger partial charge in [0.1, 0.15) is 0 Å². The van der Waals surface area contributed by atoms with Gasteiger partial charge in [-0.2, -0.15) is 0 Å². The molecule has 0 spiro atoms. The molecule has 0 amide bonds. The van der Waals surface area contributed by atoms with Gasteiger partial charge in [0, 0.05) is 0 Å². The molecule has 0 saturated heterocycles. The first-order valence-electron chi connectivity index (χ1n) is 1.06. The molecule has 48 valence electrons. The third kappa shape index (κ3) is 210. The van der Waals surface area contributed by atoms with Crippen LogP contribution in [0.2, 0.25) is 0 Å². The number of rotatable bonds is 0. The Balaban J connectivity index is -0.0000000575. The van der Waals surface area contributed by atoms with Crippen LogP contribution < -0.4 is 0 Å². The van der Waals surface area contributed by atoms with Gasteiger partial charge >= 0.3 is 72.0 Å². The third-order valence-electron chi connectivity index (χ3n) is 0. The summed E-state index contributed by atoms with van der Waals surface area (Å²) < 4.78 is 17.1. The van der Waals surface area contributed by atoms with Crippen molar-refractivity contribution in [3.8, 4) is 0 Å². The quantitative estimate of drug-likeness (QED) is 0.457. The van der Waals surface area contributed by atoms with Crippen molar-refractivity contribution in [1.82, 2.24) is 0 Å². The summed E-state index contributed by atoms with van der Waals surface area (Å²) in [5.41, 5.74) is 0. The van der Waals surface area contributed by atoms with Gasteiger partial charge in [0.05, 0.1) is 0 Å². The van der Waals surface area contributed by atoms with Crippen LogP contribution in [-0.2, 0) is 1.88 Å². The fraction of sp³-hybridized carbons (Fsp3) is 0. The first-order valence-corrected chi connectivity index (χ1v) is 3.62. The molecule has 0 saturated carbocycles. The van der Waals surface area contributed by atoms with E-state index in [1.54, 1.807) is 0 Å². The standard InChI is InChI=1S/CH2O3.Bi.Ce.2O.3H/c2-1(3)4;;;;;;;/h(H2,2,3,4);;;;;;;. The fourth-order valence-electron chi connectivity index (χ4n) is 0. The molecular weight excluding hydrogens is 441 g/mol. The first-order chi connectivity index (χ1) is 3.15. The van der Waals surface area contributed by atoms with Crippen LogP contribution in [-0.4, -0.2) is 42.6 Å². The summed E-state index contributed by atoms with van der Waals surface area (Å²) in [5, 5.41) is 13.9. The average molecular weight is 446 g/mol. The number of hydrogen-bond donors (Lipinski definition) is 2. The van der Waals surface area contributed by atoms with Crippen molar-refractivity contribution in [3.05, 3.63) is 0 Å². The van der Waals surface area contributed by atoms with E-state index in [-0.39, 0.29) is 26.2 Å². The van der Waals surface area contributed by atoms with Crippen molar-refractivity contribution in [2.45, 2.75) is 0 Å². The molecular formula is CH5BiCeO5. The van der Waals surface area contributed by atoms with Crippen LogP contribution in [0, 0.1) is 37.8 Å². The SMILES string of the molecule is O=C(O)O.[BiH3].[O]=[Ce]=[O]. The second-order valence-corrected chi connectivity index (χ2v) is 0.889. The Morgan fingerprint density at radius 1 is 1.25 bits per heavy atom. The Bertz CT molecular complexity index is 80.4. The molecule has 0 unspecified atom stereocenters. The van der Waals surface area contributed by atoms with E-state index in [2.05, 4.69) is 0 Å². The molecule has 0 aromatic rings. The van der Waals surface area contributed by atoms with Crippen LogP contribution in [0.25, 0.3) is 0 Å². The molecule has 0 aliphatic heterocycles. The minimum absolute atomic E-state index is 0. The number of carboxylic acid groups (broad SMARTS) is 2. The normalized spacial score (nSPS) is 4.00. The summed E-state index contributed by atoms with van der Waals surface area (Å²) in [5.74, 6) is 0. The Labute approximate surface area is 85.6 Å². The zero-order valence-electron chi connectivity index (χ0n) is 3.83. The fourth-order valence-corrected chi connectivity index (χ4v) is 0. The molecule has 0 aromatic carbocycles. The maximum absolute atomic E-state index is 8.57. The molecule has 0 aliphatic rings. The van der Waals surface area contributed by atoms with Crippen LogP contribution >= 0.6 is 0 Å². The average Bonchev–Trinajstić information content (AvgIpc) is 1.33. The van der Waals surface area contributed by atoms with E-state index in [1.807, 2.05) is 0 Å². The maximum atomic E-state index is 8.57. The van der Waals surface area contributed by atoms with E-state index < -0.39 is 44.0 Å². The van der Waals surface area contributed by atoms with Crippen LogP contribution in [0.5, 0.6) is 0 Å². The molecule has 0 heterocycles. The van der Waals surface area contributed by atoms with E-state index in [9.17, 15) is 0 Å². The summed E-state index contributed by atoms with van der Waals surface area (Å²) in [6, 6.07) is 0. The van der Waals surface area contributed by atoms with Crippen molar-refractivity contribution >= 4 is 32.4 Å². The molecule has 0 rings (SSSR count). The molecule has 8 heavy (non-hydrogen) atoms. The topological polar surface area (TPSA) is 91.7 Å². The number of hydrogen-bond acceptors (Lipinski definition) is 3. The van der Waals surface area contributed by atoms with Crippen LogP contribution in [0.1, 0.15) is 0 Å². The van der Waals surface area contributed by atoms with Crippen LogP contribution in [0.15, 0.2) is 0 Å². The molecule has 0 fully saturated rings. The Morgan fingerprint density at radius 2 is 1.25 bits per heavy atom. The second-order valence-electron chi connectivity index (χ2n) is 0.366. The van der Waals surface area contributed by atoms with Gasteiger partial charge in [-0.3, -0.25) is 0 Å². The molecule has 0 atom stereocenters. The Kier molecular flexibility index (Phi) is 31.5. The predicted octanol–water partition coefficient (Wildman–Crippen LogP) is -1.20. The van der Waals surface area contributed by atoms with Crippen LogP contribution in [0.4, 0.5) is 4.79 Å². The molecule has 0 bridgehead atoms. The Morgan fingerprint density at radius 3 is 1.25 bits per heavy atom. The van der Waals surface area contributed by atoms with Gasteiger partial charge in [-0.1, -0.05) is 0 Å². The third-order valence-corrected chi connectivity index (χ3v) is 0. The van der Waals surface area contributed by atoms with Crippen molar-refractivity contribution in [3.63, 3.8) is 0 Å². The zero-order valence-corrected chi connectivity index (χ0v) is 12.5. The van der Waals surface area contributed by atoms with Crippen LogP contribution in [0.3, 0.4) is 0 Å². The van der Waals surface area contributed by atoms with E-state index in [0.29, 0.717) is 0 Å².